The van der Waals surface area contributed by atoms with Crippen molar-refractivity contribution in [1.29, 1.82) is 10.5 Å². The number of hydrogen-bond acceptors (Lipinski definition) is 18. The number of nitrogens with one attached hydrogen (secondary N) is 1. The Balaban J connectivity index is -0.000000549. The van der Waals surface area contributed by atoms with Gasteiger partial charge in [-0.1, -0.05) is 81.0 Å². The van der Waals surface area contributed by atoms with Crippen molar-refractivity contribution < 1.29 is 76.5 Å². The SMILES string of the molecule is CSc1nc(Cl)cc(Cl)n1.CSc1nc(Cl)cc(Nc2ncc(C#N)s2)n1.N#Cc1cnc(N)s1.O=[P+]([O-])O[O-].[2H]CF.[K+].[K][K]. The molecule has 45 heavy (non-hydrogen) atoms. The van der Waals surface area contributed by atoms with Crippen LogP contribution in [0.15, 0.2) is 34.8 Å². The second kappa shape index (κ2) is 33.5. The van der Waals surface area contributed by atoms with E-state index in [1.807, 2.05) is 24.6 Å². The molecular weight excluding hydrogens is 834 g/mol. The molecule has 0 aromatic carbocycles. The quantitative estimate of drug-likeness (QED) is 0.0545. The molecule has 26 heteroatoms. The van der Waals surface area contributed by atoms with Gasteiger partial charge >= 0.3 is 123 Å². The van der Waals surface area contributed by atoms with Gasteiger partial charge in [0.25, 0.3) is 0 Å². The van der Waals surface area contributed by atoms with Crippen molar-refractivity contribution in [2.75, 3.05) is 30.7 Å². The molecule has 0 aliphatic heterocycles. The monoisotopic (exact) mass is 849 g/mol. The van der Waals surface area contributed by atoms with Crippen LogP contribution in [0.1, 0.15) is 11.1 Å². The third kappa shape index (κ3) is 26.8. The van der Waals surface area contributed by atoms with E-state index in [2.05, 4.69) is 39.9 Å². The molecule has 226 valence electrons. The Morgan fingerprint density at radius 3 is 1.80 bits per heavy atom. The predicted octanol–water partition coefficient (Wildman–Crippen LogP) is 1.15. The van der Waals surface area contributed by atoms with Gasteiger partial charge in [0, 0.05) is 12.1 Å². The van der Waals surface area contributed by atoms with Crippen LogP contribution in [-0.2, 0) is 9.24 Å². The number of halogens is 4. The van der Waals surface area contributed by atoms with E-state index in [4.69, 9.17) is 67.1 Å². The van der Waals surface area contributed by atoms with Crippen LogP contribution in [0.2, 0.25) is 15.5 Å². The first kappa shape index (κ1) is 49.5. The standard InChI is InChI=1S/C9H6ClN5S2.C5H4Cl2N2S.C4H3N3S.CH3F.3K.HO4P/c1-16-9-13-6(10)2-7(15-9)14-8-12-4-5(3-11)17-8;1-10-5-8-3(6)2-4(7)9-5;5-1-3-2-7-4(6)8-3;1-2;;;;1-4-5(2)3/h2,4H,1H3,(H,12,13,14,15);2H,1H3;2H,(H2,6,7);1H3;;;;1H/q;;;;;;+1;/p-1/i;;;1D;;;;. The van der Waals surface area contributed by atoms with Crippen molar-refractivity contribution in [2.45, 2.75) is 10.3 Å². The number of nitrogen functional groups attached to an aromatic ring is 1. The topological polar surface area (TPSA) is 235 Å². The molecule has 4 aromatic heterocycles. The molecule has 0 saturated carbocycles. The molecule has 4 rings (SSSR count). The van der Waals surface area contributed by atoms with Crippen LogP contribution < -0.4 is 72.6 Å². The van der Waals surface area contributed by atoms with E-state index in [1.165, 1.54) is 128 Å². The average molecular weight is 851 g/mol. The minimum atomic E-state index is -3.15. The van der Waals surface area contributed by atoms with Crippen LogP contribution in [0.3, 0.4) is 0 Å². The van der Waals surface area contributed by atoms with Crippen molar-refractivity contribution in [3.8, 4) is 12.1 Å². The molecule has 0 amide bonds. The maximum absolute atomic E-state index is 9.96. The van der Waals surface area contributed by atoms with Crippen LogP contribution in [-0.4, -0.2) is 113 Å². The number of alkyl halides is 1. The molecule has 4 heterocycles. The number of hydrogen-bond donors (Lipinski definition) is 2. The molecule has 0 aliphatic carbocycles. The summed E-state index contributed by atoms with van der Waals surface area (Å²) < 4.78 is 26.8. The summed E-state index contributed by atoms with van der Waals surface area (Å²) in [6, 6.07) is 7.05. The first-order chi connectivity index (χ1) is 21.4. The van der Waals surface area contributed by atoms with Gasteiger partial charge in [-0.15, -0.1) is 0 Å². The van der Waals surface area contributed by atoms with Gasteiger partial charge in [-0.3, -0.25) is 4.39 Å². The van der Waals surface area contributed by atoms with E-state index in [0.29, 0.717) is 51.6 Å². The summed E-state index contributed by atoms with van der Waals surface area (Å²) in [5.41, 5.74) is 5.21. The number of thioether (sulfide) groups is 2. The first-order valence-corrected chi connectivity index (χ1v) is 33.1. The second-order valence-electron chi connectivity index (χ2n) is 5.80. The summed E-state index contributed by atoms with van der Waals surface area (Å²) >= 11 is 24.8. The van der Waals surface area contributed by atoms with Gasteiger partial charge in [0.2, 0.25) is 0 Å². The van der Waals surface area contributed by atoms with Gasteiger partial charge in [-0.05, 0) is 17.1 Å². The van der Waals surface area contributed by atoms with E-state index < -0.39 is 15.4 Å². The summed E-state index contributed by atoms with van der Waals surface area (Å²) in [7, 11) is -4.15. The van der Waals surface area contributed by atoms with Crippen LogP contribution >= 0.6 is 89.3 Å². The molecule has 0 radical (unpaired) electrons. The Kier molecular flexibility index (Phi) is 36.9. The van der Waals surface area contributed by atoms with E-state index in [1.54, 1.807) is 6.07 Å². The molecular formula is C19H16Cl3FK3N10O4PS4. The Hall–Kier alpha value is 2.39. The number of rotatable bonds is 5. The molecule has 0 aliphatic rings. The minimum absolute atomic E-state index is 0. The number of nitrogens with zero attached hydrogens (tertiary/aromatic N) is 8. The van der Waals surface area contributed by atoms with Crippen molar-refractivity contribution in [1.82, 2.24) is 29.9 Å². The molecule has 0 fully saturated rings. The van der Waals surface area contributed by atoms with E-state index in [9.17, 15) is 4.39 Å². The fourth-order valence-corrected chi connectivity index (χ4v) is 4.46. The Morgan fingerprint density at radius 1 is 1.02 bits per heavy atom. The number of anilines is 3. The second-order valence-corrected chi connectivity index (χ2v) is 11.2. The Bertz CT molecular complexity index is 1510. The fourth-order valence-electron chi connectivity index (χ4n) is 1.85. The number of aromatic nitrogens is 6. The van der Waals surface area contributed by atoms with Crippen LogP contribution in [0, 0.1) is 22.7 Å². The zero-order valence-electron chi connectivity index (χ0n) is 24.9. The van der Waals surface area contributed by atoms with Gasteiger partial charge < -0.3 is 21.2 Å². The maximum atomic E-state index is 9.96. The normalized spacial score (nSPS) is 9.29. The van der Waals surface area contributed by atoms with Gasteiger partial charge in [0.05, 0.1) is 20.9 Å². The predicted molar refractivity (Wildman–Crippen MR) is 171 cm³/mol. The summed E-state index contributed by atoms with van der Waals surface area (Å²) in [5.74, 6) is 0.563. The summed E-state index contributed by atoms with van der Waals surface area (Å²) in [6.07, 6.45) is 6.69. The van der Waals surface area contributed by atoms with E-state index >= 15 is 0 Å². The first-order valence-electron chi connectivity index (χ1n) is 11.5. The number of thiazole rings is 2. The van der Waals surface area contributed by atoms with Gasteiger partial charge in [0.1, 0.15) is 43.2 Å². The molecule has 3 N–H and O–H groups in total. The van der Waals surface area contributed by atoms with E-state index in [-0.39, 0.29) is 51.4 Å². The Morgan fingerprint density at radius 2 is 1.44 bits per heavy atom. The molecule has 0 bridgehead atoms. The van der Waals surface area contributed by atoms with Crippen LogP contribution in [0.25, 0.3) is 0 Å². The van der Waals surface area contributed by atoms with E-state index in [0.717, 1.165) is 0 Å². The molecule has 1 unspecified atom stereocenters. The van der Waals surface area contributed by atoms with Crippen LogP contribution in [0.5, 0.6) is 0 Å². The third-order valence-corrected chi connectivity index (χ3v) is 6.57. The van der Waals surface area contributed by atoms with Gasteiger partial charge in [-0.25, -0.2) is 34.6 Å². The van der Waals surface area contributed by atoms with Crippen molar-refractivity contribution in [3.05, 3.63) is 49.7 Å². The van der Waals surface area contributed by atoms with Crippen LogP contribution in [0.4, 0.5) is 20.5 Å². The fraction of sp³-hybridized carbons (Fsp3) is 0.158. The van der Waals surface area contributed by atoms with Gasteiger partial charge in [0.15, 0.2) is 20.6 Å². The summed E-state index contributed by atoms with van der Waals surface area (Å²) in [4.78, 5) is 33.7. The number of nitriles is 2. The van der Waals surface area contributed by atoms with Crippen molar-refractivity contribution >= 4 is 168 Å². The molecule has 4 aromatic rings. The third-order valence-electron chi connectivity index (χ3n) is 3.23. The molecule has 14 nitrogen and oxygen atoms in total. The summed E-state index contributed by atoms with van der Waals surface area (Å²) in [6.45, 7) is 0. The van der Waals surface area contributed by atoms with Crippen molar-refractivity contribution in [2.24, 2.45) is 0 Å². The van der Waals surface area contributed by atoms with Crippen molar-refractivity contribution in [3.63, 3.8) is 0 Å². The molecule has 0 saturated heterocycles. The molecule has 0 spiro atoms. The average Bonchev–Trinajstić information content (AvgIpc) is 3.67. The molecule has 1 atom stereocenters. The number of nitrogens with two attached hydrogens (primary N) is 1. The zero-order valence-corrected chi connectivity index (χ0v) is 39.7. The Labute approximate surface area is 379 Å². The van der Waals surface area contributed by atoms with Gasteiger partial charge in [-0.2, -0.15) is 10.5 Å². The zero-order chi connectivity index (χ0) is 34.8. The summed E-state index contributed by atoms with van der Waals surface area (Å²) in [5, 5.41) is 31.8.